The quantitative estimate of drug-likeness (QED) is 0.447. The average Bonchev–Trinajstić information content (AvgIpc) is 3.10. The van der Waals surface area contributed by atoms with E-state index in [2.05, 4.69) is 46.9 Å². The molecule has 1 unspecified atom stereocenters. The fourth-order valence-electron chi connectivity index (χ4n) is 3.36. The summed E-state index contributed by atoms with van der Waals surface area (Å²) in [5.74, 6) is -0.269. The van der Waals surface area contributed by atoms with E-state index in [1.807, 2.05) is 55.6 Å². The first kappa shape index (κ1) is 20.4. The maximum absolute atomic E-state index is 12.8. The van der Waals surface area contributed by atoms with Gasteiger partial charge in [-0.05, 0) is 54.2 Å². The Balaban J connectivity index is 1.67. The van der Waals surface area contributed by atoms with Crippen LogP contribution in [0.5, 0.6) is 0 Å². The topological polar surface area (TPSA) is 42.1 Å². The third-order valence-corrected chi connectivity index (χ3v) is 5.48. The predicted molar refractivity (Wildman–Crippen MR) is 116 cm³/mol. The van der Waals surface area contributed by atoms with Gasteiger partial charge in [-0.1, -0.05) is 71.7 Å². The molecule has 3 aromatic rings. The Morgan fingerprint density at radius 3 is 2.36 bits per heavy atom. The van der Waals surface area contributed by atoms with E-state index < -0.39 is 0 Å². The number of carbonyl (C=O) groups is 1. The minimum atomic E-state index is -0.259. The van der Waals surface area contributed by atoms with Gasteiger partial charge in [0.15, 0.2) is 0 Å². The van der Waals surface area contributed by atoms with Gasteiger partial charge in [0.05, 0.1) is 11.6 Å². The number of rotatable bonds is 7. The Bertz CT molecular complexity index is 911. The molecule has 1 heterocycles. The van der Waals surface area contributed by atoms with Gasteiger partial charge in [0.1, 0.15) is 6.61 Å². The van der Waals surface area contributed by atoms with Gasteiger partial charge >= 0.3 is 5.97 Å². The minimum absolute atomic E-state index is 0.168. The molecule has 0 amide bonds. The van der Waals surface area contributed by atoms with Crippen molar-refractivity contribution in [3.05, 3.63) is 93.2 Å². The monoisotopic (exact) mass is 439 g/mol. The van der Waals surface area contributed by atoms with Crippen LogP contribution in [-0.2, 0) is 22.6 Å². The summed E-state index contributed by atoms with van der Waals surface area (Å²) in [4.78, 5) is 16.1. The normalized spacial score (nSPS) is 12.2. The van der Waals surface area contributed by atoms with Crippen LogP contribution in [0.15, 0.2) is 65.3 Å². The third-order valence-electron chi connectivity index (χ3n) is 4.95. The second-order valence-corrected chi connectivity index (χ2v) is 8.44. The van der Waals surface area contributed by atoms with Gasteiger partial charge in [-0.15, -0.1) is 0 Å². The lowest BCUT2D eigenvalue weighted by Crippen LogP contribution is -2.21. The van der Waals surface area contributed by atoms with Crippen molar-refractivity contribution in [2.24, 2.45) is 5.92 Å². The molecular formula is C24H26BrNO2. The van der Waals surface area contributed by atoms with Crippen molar-refractivity contribution in [2.75, 3.05) is 0 Å². The summed E-state index contributed by atoms with van der Waals surface area (Å²) >= 11 is 3.46. The fraction of sp³-hybridized carbons (Fsp3) is 0.292. The van der Waals surface area contributed by atoms with Gasteiger partial charge in [-0.2, -0.15) is 0 Å². The first-order valence-corrected chi connectivity index (χ1v) is 10.4. The van der Waals surface area contributed by atoms with Gasteiger partial charge in [0.25, 0.3) is 0 Å². The van der Waals surface area contributed by atoms with Crippen molar-refractivity contribution >= 4 is 21.9 Å². The number of ether oxygens (including phenoxy) is 1. The van der Waals surface area contributed by atoms with Crippen molar-refractivity contribution in [2.45, 2.75) is 39.7 Å². The number of aryl methyl sites for hydroxylation is 1. The van der Waals surface area contributed by atoms with E-state index in [1.165, 1.54) is 11.1 Å². The number of benzene rings is 2. The second kappa shape index (κ2) is 9.24. The zero-order chi connectivity index (χ0) is 20.1. The Kier molecular flexibility index (Phi) is 6.74. The SMILES string of the molecule is Cc1ccc(C(C(=O)OCc2[nH]ccc2Cc2ccc(Br)cc2)C(C)C)cc1. The Morgan fingerprint density at radius 2 is 1.71 bits per heavy atom. The van der Waals surface area contributed by atoms with Crippen molar-refractivity contribution in [3.8, 4) is 0 Å². The first-order chi connectivity index (χ1) is 13.4. The zero-order valence-corrected chi connectivity index (χ0v) is 18.1. The van der Waals surface area contributed by atoms with Crippen LogP contribution in [0.1, 0.15) is 47.7 Å². The number of hydrogen-bond acceptors (Lipinski definition) is 2. The second-order valence-electron chi connectivity index (χ2n) is 7.52. The number of nitrogens with one attached hydrogen (secondary N) is 1. The van der Waals surface area contributed by atoms with Crippen LogP contribution in [0.2, 0.25) is 0 Å². The molecule has 2 aromatic carbocycles. The maximum Gasteiger partial charge on any atom is 0.314 e. The summed E-state index contributed by atoms with van der Waals surface area (Å²) < 4.78 is 6.78. The Hall–Kier alpha value is -2.33. The Labute approximate surface area is 175 Å². The highest BCUT2D eigenvalue weighted by atomic mass is 79.9. The van der Waals surface area contributed by atoms with E-state index in [1.54, 1.807) is 0 Å². The summed E-state index contributed by atoms with van der Waals surface area (Å²) in [5.41, 5.74) is 5.50. The first-order valence-electron chi connectivity index (χ1n) is 9.57. The van der Waals surface area contributed by atoms with Crippen LogP contribution in [0, 0.1) is 12.8 Å². The van der Waals surface area contributed by atoms with Crippen LogP contribution >= 0.6 is 15.9 Å². The Morgan fingerprint density at radius 1 is 1.04 bits per heavy atom. The number of halogens is 1. The van der Waals surface area contributed by atoms with E-state index in [-0.39, 0.29) is 24.4 Å². The number of H-pyrrole nitrogens is 1. The molecule has 1 atom stereocenters. The molecule has 0 bridgehead atoms. The molecule has 0 saturated carbocycles. The van der Waals surface area contributed by atoms with Crippen molar-refractivity contribution in [1.29, 1.82) is 0 Å². The van der Waals surface area contributed by atoms with Crippen molar-refractivity contribution < 1.29 is 9.53 Å². The number of hydrogen-bond donors (Lipinski definition) is 1. The van der Waals surface area contributed by atoms with Crippen molar-refractivity contribution in [1.82, 2.24) is 4.98 Å². The van der Waals surface area contributed by atoms with E-state index in [0.29, 0.717) is 0 Å². The molecule has 3 rings (SSSR count). The fourth-order valence-corrected chi connectivity index (χ4v) is 3.62. The van der Waals surface area contributed by atoms with E-state index >= 15 is 0 Å². The van der Waals surface area contributed by atoms with E-state index in [4.69, 9.17) is 4.74 Å². The highest BCUT2D eigenvalue weighted by molar-refractivity contribution is 9.10. The molecule has 0 fully saturated rings. The van der Waals surface area contributed by atoms with Gasteiger partial charge in [-0.25, -0.2) is 0 Å². The standard InChI is InChI=1S/C24H26BrNO2/c1-16(2)23(19-8-4-17(3)5-9-19)24(27)28-15-22-20(12-13-26-22)14-18-6-10-21(25)11-7-18/h4-13,16,23,26H,14-15H2,1-3H3. The smallest absolute Gasteiger partial charge is 0.314 e. The van der Waals surface area contributed by atoms with Crippen molar-refractivity contribution in [3.63, 3.8) is 0 Å². The molecule has 0 spiro atoms. The lowest BCUT2D eigenvalue weighted by molar-refractivity contribution is -0.148. The van der Waals surface area contributed by atoms with Crippen LogP contribution in [0.4, 0.5) is 0 Å². The van der Waals surface area contributed by atoms with Crippen LogP contribution < -0.4 is 0 Å². The molecule has 0 aliphatic heterocycles. The average molecular weight is 440 g/mol. The molecule has 0 radical (unpaired) electrons. The molecule has 1 N–H and O–H groups in total. The number of aromatic amines is 1. The number of aromatic nitrogens is 1. The maximum atomic E-state index is 12.8. The van der Waals surface area contributed by atoms with Gasteiger partial charge in [0, 0.05) is 10.7 Å². The van der Waals surface area contributed by atoms with Gasteiger partial charge in [-0.3, -0.25) is 4.79 Å². The van der Waals surface area contributed by atoms with E-state index in [0.717, 1.165) is 27.7 Å². The zero-order valence-electron chi connectivity index (χ0n) is 16.5. The molecular weight excluding hydrogens is 414 g/mol. The molecule has 0 aliphatic rings. The van der Waals surface area contributed by atoms with Gasteiger partial charge < -0.3 is 9.72 Å². The molecule has 3 nitrogen and oxygen atoms in total. The predicted octanol–water partition coefficient (Wildman–Crippen LogP) is 6.16. The highest BCUT2D eigenvalue weighted by Gasteiger charge is 2.26. The minimum Gasteiger partial charge on any atom is -0.459 e. The number of carbonyl (C=O) groups excluding carboxylic acids is 1. The lowest BCUT2D eigenvalue weighted by Gasteiger charge is -2.20. The summed E-state index contributed by atoms with van der Waals surface area (Å²) in [6.07, 6.45) is 2.70. The molecule has 1 aromatic heterocycles. The summed E-state index contributed by atoms with van der Waals surface area (Å²) in [6, 6.07) is 18.4. The van der Waals surface area contributed by atoms with Gasteiger partial charge in [0.2, 0.25) is 0 Å². The lowest BCUT2D eigenvalue weighted by atomic mass is 9.88. The number of esters is 1. The molecule has 0 saturated heterocycles. The van der Waals surface area contributed by atoms with Crippen LogP contribution in [0.25, 0.3) is 0 Å². The molecule has 28 heavy (non-hydrogen) atoms. The molecule has 4 heteroatoms. The highest BCUT2D eigenvalue weighted by Crippen LogP contribution is 2.27. The molecule has 0 aliphatic carbocycles. The summed E-state index contributed by atoms with van der Waals surface area (Å²) in [6.45, 7) is 6.41. The largest absolute Gasteiger partial charge is 0.459 e. The summed E-state index contributed by atoms with van der Waals surface area (Å²) in [7, 11) is 0. The molecule has 146 valence electrons. The summed E-state index contributed by atoms with van der Waals surface area (Å²) in [5, 5.41) is 0. The van der Waals surface area contributed by atoms with Crippen LogP contribution in [-0.4, -0.2) is 11.0 Å². The van der Waals surface area contributed by atoms with Crippen LogP contribution in [0.3, 0.4) is 0 Å². The van der Waals surface area contributed by atoms with E-state index in [9.17, 15) is 4.79 Å². The third kappa shape index (κ3) is 5.14.